The molecule has 1 aliphatic rings. The van der Waals surface area contributed by atoms with Gasteiger partial charge in [-0.05, 0) is 31.7 Å². The van der Waals surface area contributed by atoms with E-state index in [1.165, 1.54) is 16.4 Å². The molecule has 0 radical (unpaired) electrons. The van der Waals surface area contributed by atoms with E-state index in [0.29, 0.717) is 25.2 Å². The van der Waals surface area contributed by atoms with E-state index in [1.807, 2.05) is 11.9 Å². The minimum atomic E-state index is -3.88. The van der Waals surface area contributed by atoms with Crippen molar-refractivity contribution in [3.05, 3.63) is 29.6 Å². The molecule has 0 spiro atoms. The lowest BCUT2D eigenvalue weighted by Crippen LogP contribution is -2.52. The number of halogens is 1. The van der Waals surface area contributed by atoms with Crippen LogP contribution in [-0.2, 0) is 16.6 Å². The average molecular weight is 302 g/mol. The van der Waals surface area contributed by atoms with Gasteiger partial charge in [0.2, 0.25) is 10.0 Å². The Morgan fingerprint density at radius 1 is 1.40 bits per heavy atom. The van der Waals surface area contributed by atoms with Crippen LogP contribution in [0.25, 0.3) is 0 Å². The van der Waals surface area contributed by atoms with Gasteiger partial charge in [-0.3, -0.25) is 0 Å². The highest BCUT2D eigenvalue weighted by atomic mass is 32.2. The first-order valence-corrected chi connectivity index (χ1v) is 7.90. The number of piperazine rings is 1. The van der Waals surface area contributed by atoms with Crippen molar-refractivity contribution in [2.24, 2.45) is 0 Å². The topological polar surface area (TPSA) is 60.9 Å². The third kappa shape index (κ3) is 2.85. The van der Waals surface area contributed by atoms with Gasteiger partial charge in [-0.1, -0.05) is 6.07 Å². The number of hydrogen-bond acceptors (Lipinski definition) is 4. The molecular weight excluding hydrogens is 283 g/mol. The summed E-state index contributed by atoms with van der Waals surface area (Å²) in [6, 6.07) is 3.45. The molecule has 1 heterocycles. The van der Waals surface area contributed by atoms with E-state index in [0.717, 1.165) is 6.07 Å². The lowest BCUT2D eigenvalue weighted by molar-refractivity contribution is 0.170. The van der Waals surface area contributed by atoms with E-state index in [9.17, 15) is 12.8 Å². The molecule has 0 amide bonds. The van der Waals surface area contributed by atoms with Crippen molar-refractivity contribution in [3.63, 3.8) is 0 Å². The Labute approximate surface area is 118 Å². The molecule has 1 unspecified atom stereocenters. The lowest BCUT2D eigenvalue weighted by atomic mass is 10.2. The van der Waals surface area contributed by atoms with Gasteiger partial charge >= 0.3 is 0 Å². The van der Waals surface area contributed by atoms with Crippen LogP contribution in [0, 0.1) is 5.82 Å². The number of sulfonamides is 1. The molecule has 1 N–H and O–H groups in total. The van der Waals surface area contributed by atoms with Crippen LogP contribution in [0.3, 0.4) is 0 Å². The van der Waals surface area contributed by atoms with Crippen molar-refractivity contribution < 1.29 is 17.9 Å². The summed E-state index contributed by atoms with van der Waals surface area (Å²) < 4.78 is 40.3. The highest BCUT2D eigenvalue weighted by Gasteiger charge is 2.34. The zero-order valence-electron chi connectivity index (χ0n) is 11.6. The Morgan fingerprint density at radius 3 is 2.70 bits per heavy atom. The van der Waals surface area contributed by atoms with Crippen molar-refractivity contribution in [1.29, 1.82) is 0 Å². The molecule has 0 aliphatic carbocycles. The molecule has 0 bridgehead atoms. The van der Waals surface area contributed by atoms with Gasteiger partial charge in [0.25, 0.3) is 0 Å². The maximum absolute atomic E-state index is 13.9. The number of benzene rings is 1. The average Bonchev–Trinajstić information content (AvgIpc) is 2.38. The van der Waals surface area contributed by atoms with Gasteiger partial charge in [0.05, 0.1) is 6.61 Å². The molecule has 0 aromatic heterocycles. The van der Waals surface area contributed by atoms with Crippen LogP contribution in [0.2, 0.25) is 0 Å². The molecule has 5 nitrogen and oxygen atoms in total. The van der Waals surface area contributed by atoms with Gasteiger partial charge in [-0.15, -0.1) is 0 Å². The highest BCUT2D eigenvalue weighted by molar-refractivity contribution is 7.89. The number of rotatable bonds is 3. The predicted octanol–water partition coefficient (Wildman–Crippen LogP) is 0.643. The minimum Gasteiger partial charge on any atom is -0.392 e. The number of aliphatic hydroxyl groups excluding tert-OH is 1. The highest BCUT2D eigenvalue weighted by Crippen LogP contribution is 2.24. The van der Waals surface area contributed by atoms with Gasteiger partial charge in [0.15, 0.2) is 0 Å². The first-order chi connectivity index (χ1) is 9.36. The Hall–Kier alpha value is -1.02. The summed E-state index contributed by atoms with van der Waals surface area (Å²) in [7, 11) is -1.95. The van der Waals surface area contributed by atoms with Crippen LogP contribution >= 0.6 is 0 Å². The second-order valence-corrected chi connectivity index (χ2v) is 7.01. The molecule has 7 heteroatoms. The summed E-state index contributed by atoms with van der Waals surface area (Å²) in [5.74, 6) is -0.784. The molecule has 1 aromatic rings. The van der Waals surface area contributed by atoms with Crippen molar-refractivity contribution in [3.8, 4) is 0 Å². The van der Waals surface area contributed by atoms with Gasteiger partial charge in [-0.25, -0.2) is 12.8 Å². The number of nitrogens with zero attached hydrogens (tertiary/aromatic N) is 2. The predicted molar refractivity (Wildman–Crippen MR) is 73.2 cm³/mol. The number of aliphatic hydroxyl groups is 1. The fourth-order valence-electron chi connectivity index (χ4n) is 2.45. The monoisotopic (exact) mass is 302 g/mol. The lowest BCUT2D eigenvalue weighted by Gasteiger charge is -2.37. The molecular formula is C13H19FN2O3S. The van der Waals surface area contributed by atoms with E-state index in [4.69, 9.17) is 5.11 Å². The number of likely N-dealkylation sites (N-methyl/N-ethyl adjacent to an activating group) is 1. The minimum absolute atomic E-state index is 0.212. The SMILES string of the molecule is CC1CN(C)CCN1S(=O)(=O)c1cc(CO)ccc1F. The molecule has 1 aromatic carbocycles. The molecule has 1 aliphatic heterocycles. The number of hydrogen-bond donors (Lipinski definition) is 1. The second kappa shape index (κ2) is 5.77. The van der Waals surface area contributed by atoms with E-state index < -0.39 is 15.8 Å². The van der Waals surface area contributed by atoms with E-state index in [2.05, 4.69) is 0 Å². The van der Waals surface area contributed by atoms with Gasteiger partial charge in [-0.2, -0.15) is 4.31 Å². The van der Waals surface area contributed by atoms with Crippen LogP contribution in [0.5, 0.6) is 0 Å². The maximum atomic E-state index is 13.9. The Kier molecular flexibility index (Phi) is 4.43. The Morgan fingerprint density at radius 2 is 2.10 bits per heavy atom. The van der Waals surface area contributed by atoms with E-state index in [-0.39, 0.29) is 17.5 Å². The summed E-state index contributed by atoms with van der Waals surface area (Å²) in [6.45, 7) is 3.05. The van der Waals surface area contributed by atoms with E-state index in [1.54, 1.807) is 6.92 Å². The fraction of sp³-hybridized carbons (Fsp3) is 0.538. The van der Waals surface area contributed by atoms with Crippen LogP contribution in [-0.4, -0.2) is 55.5 Å². The van der Waals surface area contributed by atoms with Crippen molar-refractivity contribution in [2.75, 3.05) is 26.7 Å². The molecule has 1 atom stereocenters. The van der Waals surface area contributed by atoms with Crippen LogP contribution in [0.15, 0.2) is 23.1 Å². The zero-order chi connectivity index (χ0) is 14.9. The smallest absolute Gasteiger partial charge is 0.246 e. The fourth-order valence-corrected chi connectivity index (χ4v) is 4.18. The van der Waals surface area contributed by atoms with Crippen molar-refractivity contribution in [1.82, 2.24) is 9.21 Å². The summed E-state index contributed by atoms with van der Waals surface area (Å²) >= 11 is 0. The quantitative estimate of drug-likeness (QED) is 0.890. The first-order valence-electron chi connectivity index (χ1n) is 6.46. The molecule has 20 heavy (non-hydrogen) atoms. The Balaban J connectivity index is 2.40. The molecule has 2 rings (SSSR count). The largest absolute Gasteiger partial charge is 0.392 e. The van der Waals surface area contributed by atoms with Crippen LogP contribution in [0.4, 0.5) is 4.39 Å². The van der Waals surface area contributed by atoms with Crippen molar-refractivity contribution >= 4 is 10.0 Å². The first kappa shape index (κ1) is 15.4. The summed E-state index contributed by atoms with van der Waals surface area (Å²) in [5.41, 5.74) is 0.381. The summed E-state index contributed by atoms with van der Waals surface area (Å²) in [6.07, 6.45) is 0. The van der Waals surface area contributed by atoms with Crippen molar-refractivity contribution in [2.45, 2.75) is 24.5 Å². The third-order valence-electron chi connectivity index (χ3n) is 3.53. The standard InChI is InChI=1S/C13H19FN2O3S/c1-10-8-15(2)5-6-16(10)20(18,19)13-7-11(9-17)3-4-12(13)14/h3-4,7,10,17H,5-6,8-9H2,1-2H3. The third-order valence-corrected chi connectivity index (χ3v) is 5.56. The normalized spacial score (nSPS) is 22.1. The molecule has 0 saturated carbocycles. The zero-order valence-corrected chi connectivity index (χ0v) is 12.4. The summed E-state index contributed by atoms with van der Waals surface area (Å²) in [5, 5.41) is 9.08. The van der Waals surface area contributed by atoms with Gasteiger partial charge in [0.1, 0.15) is 10.7 Å². The second-order valence-electron chi connectivity index (χ2n) is 5.15. The molecule has 1 saturated heterocycles. The Bertz CT molecular complexity index is 591. The van der Waals surface area contributed by atoms with Crippen LogP contribution in [0.1, 0.15) is 12.5 Å². The van der Waals surface area contributed by atoms with Gasteiger partial charge in [0, 0.05) is 25.7 Å². The molecule has 1 fully saturated rings. The summed E-state index contributed by atoms with van der Waals surface area (Å²) in [4.78, 5) is 1.68. The van der Waals surface area contributed by atoms with Gasteiger partial charge < -0.3 is 10.0 Å². The molecule has 112 valence electrons. The maximum Gasteiger partial charge on any atom is 0.246 e. The van der Waals surface area contributed by atoms with E-state index >= 15 is 0 Å². The van der Waals surface area contributed by atoms with Crippen LogP contribution < -0.4 is 0 Å².